The Morgan fingerprint density at radius 1 is 0.923 bits per heavy atom. The van der Waals surface area contributed by atoms with Crippen LogP contribution in [0.1, 0.15) is 11.1 Å². The highest BCUT2D eigenvalue weighted by Crippen LogP contribution is 2.24. The van der Waals surface area contributed by atoms with Crippen LogP contribution in [0, 0.1) is 0 Å². The molecule has 0 aliphatic carbocycles. The molecular weight excluding hydrogens is 391 g/mol. The maximum atomic E-state index is 6.16. The maximum absolute atomic E-state index is 6.16. The Morgan fingerprint density at radius 2 is 1.58 bits per heavy atom. The summed E-state index contributed by atoms with van der Waals surface area (Å²) >= 11 is 17.4. The van der Waals surface area contributed by atoms with Crippen LogP contribution in [0.4, 0.5) is 0 Å². The van der Waals surface area contributed by atoms with E-state index in [1.54, 1.807) is 20.3 Å². The first-order valence-electron chi connectivity index (χ1n) is 8.20. The van der Waals surface area contributed by atoms with Crippen LogP contribution in [-0.2, 0) is 12.8 Å². The third kappa shape index (κ3) is 6.24. The van der Waals surface area contributed by atoms with Crippen molar-refractivity contribution in [3.05, 3.63) is 57.6 Å². The highest BCUT2D eigenvalue weighted by molar-refractivity contribution is 7.80. The molecule has 140 valence electrons. The number of rotatable bonds is 8. The molecular formula is C19H22Cl2N2O2S. The van der Waals surface area contributed by atoms with Crippen molar-refractivity contribution < 1.29 is 9.47 Å². The van der Waals surface area contributed by atoms with Crippen molar-refractivity contribution in [1.82, 2.24) is 10.6 Å². The molecule has 0 spiro atoms. The summed E-state index contributed by atoms with van der Waals surface area (Å²) in [5.41, 5.74) is 2.13. The zero-order valence-electron chi connectivity index (χ0n) is 14.8. The lowest BCUT2D eigenvalue weighted by molar-refractivity contribution is 0.391. The van der Waals surface area contributed by atoms with Gasteiger partial charge in [0.25, 0.3) is 0 Å². The SMILES string of the molecule is COc1ccc(CCNC(=S)NCCc2ccc(Cl)cc2Cl)c(OC)c1. The predicted octanol–water partition coefficient (Wildman–Crippen LogP) is 4.26. The van der Waals surface area contributed by atoms with Crippen molar-refractivity contribution >= 4 is 40.5 Å². The van der Waals surface area contributed by atoms with E-state index in [-0.39, 0.29) is 0 Å². The zero-order valence-corrected chi connectivity index (χ0v) is 17.1. The lowest BCUT2D eigenvalue weighted by Crippen LogP contribution is -2.37. The van der Waals surface area contributed by atoms with Gasteiger partial charge in [-0.1, -0.05) is 35.3 Å². The van der Waals surface area contributed by atoms with Crippen LogP contribution >= 0.6 is 35.4 Å². The van der Waals surface area contributed by atoms with Crippen LogP contribution < -0.4 is 20.1 Å². The van der Waals surface area contributed by atoms with Gasteiger partial charge in [0.15, 0.2) is 5.11 Å². The number of methoxy groups -OCH3 is 2. The molecule has 0 saturated heterocycles. The summed E-state index contributed by atoms with van der Waals surface area (Å²) in [7, 11) is 3.29. The first kappa shape index (κ1) is 20.6. The van der Waals surface area contributed by atoms with E-state index < -0.39 is 0 Å². The van der Waals surface area contributed by atoms with Crippen molar-refractivity contribution in [2.75, 3.05) is 27.3 Å². The summed E-state index contributed by atoms with van der Waals surface area (Å²) in [4.78, 5) is 0. The van der Waals surface area contributed by atoms with E-state index in [9.17, 15) is 0 Å². The zero-order chi connectivity index (χ0) is 18.9. The second-order valence-corrected chi connectivity index (χ2v) is 6.85. The number of halogens is 2. The minimum atomic E-state index is 0.613. The van der Waals surface area contributed by atoms with Gasteiger partial charge in [-0.2, -0.15) is 0 Å². The van der Waals surface area contributed by atoms with Gasteiger partial charge in [0.1, 0.15) is 11.5 Å². The fraction of sp³-hybridized carbons (Fsp3) is 0.316. The van der Waals surface area contributed by atoms with Crippen LogP contribution in [0.2, 0.25) is 10.0 Å². The number of nitrogens with one attached hydrogen (secondary N) is 2. The van der Waals surface area contributed by atoms with E-state index in [1.165, 1.54) is 0 Å². The summed E-state index contributed by atoms with van der Waals surface area (Å²) < 4.78 is 10.6. The third-order valence-electron chi connectivity index (χ3n) is 3.87. The third-order valence-corrected chi connectivity index (χ3v) is 4.74. The molecule has 2 aromatic carbocycles. The molecule has 0 bridgehead atoms. The number of hydrogen-bond donors (Lipinski definition) is 2. The molecule has 2 N–H and O–H groups in total. The van der Waals surface area contributed by atoms with E-state index in [1.807, 2.05) is 30.3 Å². The van der Waals surface area contributed by atoms with Gasteiger partial charge in [0.05, 0.1) is 14.2 Å². The lowest BCUT2D eigenvalue weighted by atomic mass is 10.1. The molecule has 0 aliphatic rings. The van der Waals surface area contributed by atoms with Crippen molar-refractivity contribution in [1.29, 1.82) is 0 Å². The van der Waals surface area contributed by atoms with Crippen molar-refractivity contribution in [3.63, 3.8) is 0 Å². The molecule has 0 atom stereocenters. The fourth-order valence-electron chi connectivity index (χ4n) is 2.47. The highest BCUT2D eigenvalue weighted by atomic mass is 35.5. The number of benzene rings is 2. The molecule has 2 rings (SSSR count). The van der Waals surface area contributed by atoms with Crippen molar-refractivity contribution in [2.45, 2.75) is 12.8 Å². The van der Waals surface area contributed by atoms with E-state index in [0.29, 0.717) is 28.2 Å². The van der Waals surface area contributed by atoms with Gasteiger partial charge in [-0.3, -0.25) is 0 Å². The Morgan fingerprint density at radius 3 is 2.19 bits per heavy atom. The minimum absolute atomic E-state index is 0.613. The van der Waals surface area contributed by atoms with Crippen LogP contribution in [0.3, 0.4) is 0 Å². The van der Waals surface area contributed by atoms with Gasteiger partial charge < -0.3 is 20.1 Å². The van der Waals surface area contributed by atoms with Crippen LogP contribution in [0.15, 0.2) is 36.4 Å². The smallest absolute Gasteiger partial charge is 0.166 e. The molecule has 4 nitrogen and oxygen atoms in total. The van der Waals surface area contributed by atoms with E-state index in [0.717, 1.165) is 35.5 Å². The van der Waals surface area contributed by atoms with E-state index in [2.05, 4.69) is 10.6 Å². The van der Waals surface area contributed by atoms with Gasteiger partial charge in [-0.25, -0.2) is 0 Å². The van der Waals surface area contributed by atoms with Gasteiger partial charge in [0.2, 0.25) is 0 Å². The Labute approximate surface area is 169 Å². The summed E-state index contributed by atoms with van der Waals surface area (Å²) in [5.74, 6) is 1.58. The first-order chi connectivity index (χ1) is 12.5. The minimum Gasteiger partial charge on any atom is -0.497 e. The Kier molecular flexibility index (Phi) is 8.29. The Balaban J connectivity index is 1.73. The molecule has 7 heteroatoms. The fourth-order valence-corrected chi connectivity index (χ4v) is 3.17. The predicted molar refractivity (Wildman–Crippen MR) is 112 cm³/mol. The molecule has 0 saturated carbocycles. The average Bonchev–Trinajstić information content (AvgIpc) is 2.63. The second-order valence-electron chi connectivity index (χ2n) is 5.60. The van der Waals surface area contributed by atoms with Gasteiger partial charge in [-0.15, -0.1) is 0 Å². The number of hydrogen-bond acceptors (Lipinski definition) is 3. The summed E-state index contributed by atoms with van der Waals surface area (Å²) in [6.45, 7) is 1.40. The molecule has 26 heavy (non-hydrogen) atoms. The van der Waals surface area contributed by atoms with Crippen LogP contribution in [-0.4, -0.2) is 32.4 Å². The van der Waals surface area contributed by atoms with Gasteiger partial charge in [0, 0.05) is 29.2 Å². The molecule has 0 aromatic heterocycles. The summed E-state index contributed by atoms with van der Waals surface area (Å²) in [6, 6.07) is 11.3. The molecule has 2 aromatic rings. The molecule has 0 fully saturated rings. The Hall–Kier alpha value is -1.69. The topological polar surface area (TPSA) is 42.5 Å². The van der Waals surface area contributed by atoms with Crippen molar-refractivity contribution in [2.24, 2.45) is 0 Å². The van der Waals surface area contributed by atoms with Crippen LogP contribution in [0.5, 0.6) is 11.5 Å². The highest BCUT2D eigenvalue weighted by Gasteiger charge is 2.06. The average molecular weight is 413 g/mol. The van der Waals surface area contributed by atoms with E-state index >= 15 is 0 Å². The molecule has 0 amide bonds. The monoisotopic (exact) mass is 412 g/mol. The van der Waals surface area contributed by atoms with Crippen LogP contribution in [0.25, 0.3) is 0 Å². The van der Waals surface area contributed by atoms with E-state index in [4.69, 9.17) is 44.9 Å². The molecule has 0 radical (unpaired) electrons. The number of ether oxygens (including phenoxy) is 2. The van der Waals surface area contributed by atoms with Gasteiger partial charge in [-0.05, 0) is 54.4 Å². The second kappa shape index (κ2) is 10.5. The normalized spacial score (nSPS) is 10.3. The number of thiocarbonyl (C=S) groups is 1. The Bertz CT molecular complexity index is 756. The standard InChI is InChI=1S/C19H22Cl2N2O2S/c1-24-16-6-4-14(18(12-16)25-2)8-10-23-19(26)22-9-7-13-3-5-15(20)11-17(13)21/h3-6,11-12H,7-10H2,1-2H3,(H2,22,23,26). The van der Waals surface area contributed by atoms with Gasteiger partial charge >= 0.3 is 0 Å². The van der Waals surface area contributed by atoms with Crippen molar-refractivity contribution in [3.8, 4) is 11.5 Å². The quantitative estimate of drug-likeness (QED) is 0.633. The first-order valence-corrected chi connectivity index (χ1v) is 9.36. The molecule has 0 aliphatic heterocycles. The largest absolute Gasteiger partial charge is 0.497 e. The summed E-state index contributed by atoms with van der Waals surface area (Å²) in [5, 5.41) is 8.31. The maximum Gasteiger partial charge on any atom is 0.166 e. The molecule has 0 heterocycles. The summed E-state index contributed by atoms with van der Waals surface area (Å²) in [6.07, 6.45) is 1.56. The lowest BCUT2D eigenvalue weighted by Gasteiger charge is -2.13. The molecule has 0 unspecified atom stereocenters.